The van der Waals surface area contributed by atoms with Crippen molar-refractivity contribution < 1.29 is 24.2 Å². The van der Waals surface area contributed by atoms with E-state index in [-0.39, 0.29) is 16.9 Å². The Hall–Kier alpha value is -3.15. The molecule has 122 valence electrons. The number of phenolic OH excluding ortho intramolecular Hbond substituents is 1. The van der Waals surface area contributed by atoms with E-state index in [1.807, 2.05) is 0 Å². The largest absolute Gasteiger partial charge is 0.508 e. The number of hydrogen-bond donors (Lipinski definition) is 2. The third-order valence-corrected chi connectivity index (χ3v) is 3.92. The third-order valence-electron chi connectivity index (χ3n) is 3.92. The lowest BCUT2D eigenvalue weighted by Crippen LogP contribution is -2.31. The molecule has 0 unspecified atom stereocenters. The molecule has 3 rings (SSSR count). The van der Waals surface area contributed by atoms with Gasteiger partial charge in [0, 0.05) is 11.3 Å². The monoisotopic (exact) mass is 327 g/mol. The van der Waals surface area contributed by atoms with Crippen molar-refractivity contribution in [2.75, 3.05) is 4.90 Å². The number of Topliss-reactive ketones (excluding diaryl/α,β-unsaturated/α-hetero) is 1. The highest BCUT2D eigenvalue weighted by Crippen LogP contribution is 2.41. The van der Waals surface area contributed by atoms with Gasteiger partial charge in [0.2, 0.25) is 0 Å². The molecule has 1 aliphatic heterocycles. The van der Waals surface area contributed by atoms with Crippen molar-refractivity contribution in [3.63, 3.8) is 0 Å². The molecule has 6 heteroatoms. The van der Waals surface area contributed by atoms with E-state index in [1.54, 1.807) is 6.07 Å². The number of amides is 1. The molecule has 5 nitrogen and oxygen atoms in total. The van der Waals surface area contributed by atoms with Gasteiger partial charge < -0.3 is 10.2 Å². The normalized spacial score (nSPS) is 17.5. The lowest BCUT2D eigenvalue weighted by molar-refractivity contribution is -0.117. The topological polar surface area (TPSA) is 77.8 Å². The first-order valence-corrected chi connectivity index (χ1v) is 7.23. The van der Waals surface area contributed by atoms with Crippen molar-refractivity contribution >= 4 is 17.4 Å². The van der Waals surface area contributed by atoms with Crippen LogP contribution in [-0.2, 0) is 9.59 Å². The summed E-state index contributed by atoms with van der Waals surface area (Å²) in [6, 6.07) is 10.3. The Kier molecular flexibility index (Phi) is 3.81. The molecule has 0 radical (unpaired) electrons. The fraction of sp³-hybridized carbons (Fsp3) is 0.111. The van der Waals surface area contributed by atoms with Gasteiger partial charge >= 0.3 is 0 Å². The number of hydrogen-bond acceptors (Lipinski definition) is 4. The fourth-order valence-corrected chi connectivity index (χ4v) is 2.84. The van der Waals surface area contributed by atoms with Gasteiger partial charge in [0.15, 0.2) is 11.5 Å². The highest BCUT2D eigenvalue weighted by Gasteiger charge is 2.44. The second-order valence-electron chi connectivity index (χ2n) is 5.43. The summed E-state index contributed by atoms with van der Waals surface area (Å²) < 4.78 is 14.3. The summed E-state index contributed by atoms with van der Waals surface area (Å²) in [4.78, 5) is 25.6. The van der Waals surface area contributed by atoms with Crippen LogP contribution in [0.4, 0.5) is 10.1 Å². The molecular weight excluding hydrogens is 313 g/mol. The molecule has 1 amide bonds. The molecule has 0 aromatic heterocycles. The SMILES string of the molecule is CC(=O)C1=C(O)C(=O)N(c2ccc(O)cc2)[C@H]1c1ccccc1F. The molecular formula is C18H14FNO4. The van der Waals surface area contributed by atoms with Gasteiger partial charge in [-0.3, -0.25) is 14.5 Å². The first kappa shape index (κ1) is 15.7. The van der Waals surface area contributed by atoms with Crippen LogP contribution in [0.2, 0.25) is 0 Å². The molecule has 1 heterocycles. The Labute approximate surface area is 137 Å². The third kappa shape index (κ3) is 2.42. The Morgan fingerprint density at radius 2 is 1.71 bits per heavy atom. The van der Waals surface area contributed by atoms with Gasteiger partial charge in [-0.05, 0) is 37.3 Å². The van der Waals surface area contributed by atoms with Crippen molar-refractivity contribution in [2.45, 2.75) is 13.0 Å². The molecule has 2 aromatic carbocycles. The van der Waals surface area contributed by atoms with Crippen LogP contribution in [0.25, 0.3) is 0 Å². The van der Waals surface area contributed by atoms with E-state index in [0.29, 0.717) is 5.69 Å². The lowest BCUT2D eigenvalue weighted by Gasteiger charge is -2.27. The molecule has 0 spiro atoms. The second kappa shape index (κ2) is 5.81. The van der Waals surface area contributed by atoms with Gasteiger partial charge in [-0.25, -0.2) is 4.39 Å². The van der Waals surface area contributed by atoms with E-state index in [4.69, 9.17) is 0 Å². The van der Waals surface area contributed by atoms with E-state index in [0.717, 1.165) is 4.90 Å². The van der Waals surface area contributed by atoms with Crippen LogP contribution >= 0.6 is 0 Å². The highest BCUT2D eigenvalue weighted by atomic mass is 19.1. The number of halogens is 1. The molecule has 0 saturated carbocycles. The van der Waals surface area contributed by atoms with Gasteiger partial charge in [-0.15, -0.1) is 0 Å². The summed E-state index contributed by atoms with van der Waals surface area (Å²) >= 11 is 0. The Morgan fingerprint density at radius 3 is 2.29 bits per heavy atom. The predicted octanol–water partition coefficient (Wildman–Crippen LogP) is 3.02. The molecule has 1 atom stereocenters. The van der Waals surface area contributed by atoms with E-state index in [1.165, 1.54) is 49.4 Å². The number of benzene rings is 2. The first-order chi connectivity index (χ1) is 11.4. The Bertz CT molecular complexity index is 858. The van der Waals surface area contributed by atoms with Gasteiger partial charge in [0.25, 0.3) is 5.91 Å². The van der Waals surface area contributed by atoms with Crippen molar-refractivity contribution in [3.8, 4) is 5.75 Å². The number of aliphatic hydroxyl groups excluding tert-OH is 1. The van der Waals surface area contributed by atoms with Crippen molar-refractivity contribution in [3.05, 3.63) is 71.2 Å². The second-order valence-corrected chi connectivity index (χ2v) is 5.43. The molecule has 0 aliphatic carbocycles. The van der Waals surface area contributed by atoms with Crippen molar-refractivity contribution in [1.29, 1.82) is 0 Å². The van der Waals surface area contributed by atoms with Gasteiger partial charge in [0.05, 0.1) is 11.6 Å². The summed E-state index contributed by atoms with van der Waals surface area (Å²) in [5.41, 5.74) is 0.278. The van der Waals surface area contributed by atoms with Gasteiger partial charge in [-0.1, -0.05) is 18.2 Å². The average molecular weight is 327 g/mol. The number of phenols is 1. The van der Waals surface area contributed by atoms with Crippen LogP contribution in [0.3, 0.4) is 0 Å². The van der Waals surface area contributed by atoms with Crippen molar-refractivity contribution in [1.82, 2.24) is 0 Å². The van der Waals surface area contributed by atoms with E-state index in [2.05, 4.69) is 0 Å². The number of aliphatic hydroxyl groups is 1. The van der Waals surface area contributed by atoms with Crippen LogP contribution in [0.1, 0.15) is 18.5 Å². The maximum atomic E-state index is 14.3. The Morgan fingerprint density at radius 1 is 1.08 bits per heavy atom. The average Bonchev–Trinajstić information content (AvgIpc) is 2.81. The maximum absolute atomic E-state index is 14.3. The van der Waals surface area contributed by atoms with E-state index in [9.17, 15) is 24.2 Å². The number of carbonyl (C=O) groups is 2. The van der Waals surface area contributed by atoms with Crippen molar-refractivity contribution in [2.24, 2.45) is 0 Å². The quantitative estimate of drug-likeness (QED) is 0.908. The zero-order chi connectivity index (χ0) is 17.4. The number of aromatic hydroxyl groups is 1. The lowest BCUT2D eigenvalue weighted by atomic mass is 9.96. The molecule has 2 aromatic rings. The Balaban J connectivity index is 2.21. The summed E-state index contributed by atoms with van der Waals surface area (Å²) in [5.74, 6) is -2.59. The molecule has 0 fully saturated rings. The van der Waals surface area contributed by atoms with E-state index < -0.39 is 29.3 Å². The van der Waals surface area contributed by atoms with Crippen LogP contribution in [0, 0.1) is 5.82 Å². The smallest absolute Gasteiger partial charge is 0.294 e. The maximum Gasteiger partial charge on any atom is 0.294 e. The van der Waals surface area contributed by atoms with Crippen LogP contribution in [-0.4, -0.2) is 21.9 Å². The summed E-state index contributed by atoms with van der Waals surface area (Å²) in [6.07, 6.45) is 0. The van der Waals surface area contributed by atoms with Crippen LogP contribution in [0.15, 0.2) is 59.9 Å². The molecule has 0 saturated heterocycles. The molecule has 0 bridgehead atoms. The minimum absolute atomic E-state index is 0.00295. The van der Waals surface area contributed by atoms with E-state index >= 15 is 0 Å². The number of ketones is 1. The number of rotatable bonds is 3. The summed E-state index contributed by atoms with van der Waals surface area (Å²) in [6.45, 7) is 1.22. The molecule has 2 N–H and O–H groups in total. The predicted molar refractivity (Wildman–Crippen MR) is 85.1 cm³/mol. The number of carbonyl (C=O) groups excluding carboxylic acids is 2. The van der Waals surface area contributed by atoms with Gasteiger partial charge in [-0.2, -0.15) is 0 Å². The summed E-state index contributed by atoms with van der Waals surface area (Å²) in [5, 5.41) is 19.5. The standard InChI is InChI=1S/C18H14FNO4/c1-10(21)15-16(13-4-2-3-5-14(13)19)20(18(24)17(15)23)11-6-8-12(22)9-7-11/h2-9,16,22-23H,1H3/t16-/m0/s1. The minimum atomic E-state index is -1.07. The highest BCUT2D eigenvalue weighted by molar-refractivity contribution is 6.16. The molecule has 24 heavy (non-hydrogen) atoms. The summed E-state index contributed by atoms with van der Waals surface area (Å²) in [7, 11) is 0. The number of anilines is 1. The minimum Gasteiger partial charge on any atom is -0.508 e. The zero-order valence-electron chi connectivity index (χ0n) is 12.7. The zero-order valence-corrected chi connectivity index (χ0v) is 12.7. The van der Waals surface area contributed by atoms with Crippen LogP contribution < -0.4 is 4.90 Å². The fourth-order valence-electron chi connectivity index (χ4n) is 2.84. The van der Waals surface area contributed by atoms with Crippen LogP contribution in [0.5, 0.6) is 5.75 Å². The molecule has 1 aliphatic rings. The number of nitrogens with zero attached hydrogens (tertiary/aromatic N) is 1. The van der Waals surface area contributed by atoms with Gasteiger partial charge in [0.1, 0.15) is 11.6 Å². The first-order valence-electron chi connectivity index (χ1n) is 7.23.